The first kappa shape index (κ1) is 9.85. The first-order valence-corrected chi connectivity index (χ1v) is 5.88. The zero-order valence-corrected chi connectivity index (χ0v) is 9.48. The molecule has 3 heteroatoms. The summed E-state index contributed by atoms with van der Waals surface area (Å²) in [5.74, 6) is 0. The molecule has 0 atom stereocenters. The minimum atomic E-state index is -0.377. The van der Waals surface area contributed by atoms with Gasteiger partial charge >= 0.3 is 0 Å². The van der Waals surface area contributed by atoms with E-state index in [1.807, 2.05) is 31.2 Å². The van der Waals surface area contributed by atoms with Gasteiger partial charge in [0.15, 0.2) is 5.66 Å². The van der Waals surface area contributed by atoms with E-state index in [0.29, 0.717) is 0 Å². The fourth-order valence-corrected chi connectivity index (χ4v) is 2.84. The maximum atomic E-state index is 10.3. The Bertz CT molecular complexity index is 529. The summed E-state index contributed by atoms with van der Waals surface area (Å²) in [6.45, 7) is 1.97. The normalized spacial score (nSPS) is 22.1. The highest BCUT2D eigenvalue weighted by Gasteiger charge is 2.40. The molecule has 1 spiro atoms. The quantitative estimate of drug-likeness (QED) is 0.711. The molecule has 84 valence electrons. The van der Waals surface area contributed by atoms with E-state index in [9.17, 15) is 5.21 Å². The molecule has 3 nitrogen and oxygen atoms in total. The average molecular weight is 216 g/mol. The second-order valence-electron chi connectivity index (χ2n) is 4.72. The van der Waals surface area contributed by atoms with Crippen LogP contribution in [0.25, 0.3) is 5.70 Å². The fourth-order valence-electron chi connectivity index (χ4n) is 2.84. The number of hydrogen-bond acceptors (Lipinski definition) is 3. The van der Waals surface area contributed by atoms with E-state index in [-0.39, 0.29) is 5.66 Å². The van der Waals surface area contributed by atoms with Gasteiger partial charge in [0, 0.05) is 10.9 Å². The predicted octanol–water partition coefficient (Wildman–Crippen LogP) is 1.41. The number of nitrogens with zero attached hydrogens (tertiary/aromatic N) is 2. The van der Waals surface area contributed by atoms with Crippen LogP contribution in [0.15, 0.2) is 29.3 Å². The van der Waals surface area contributed by atoms with Gasteiger partial charge in [-0.15, -0.1) is 0 Å². The summed E-state index contributed by atoms with van der Waals surface area (Å²) in [4.78, 5) is 4.76. The van der Waals surface area contributed by atoms with Crippen LogP contribution in [0.2, 0.25) is 0 Å². The molecule has 1 N–H and O–H groups in total. The van der Waals surface area contributed by atoms with Crippen molar-refractivity contribution in [3.8, 4) is 0 Å². The Morgan fingerprint density at radius 1 is 1.25 bits per heavy atom. The van der Waals surface area contributed by atoms with Crippen molar-refractivity contribution in [1.29, 1.82) is 0 Å². The lowest BCUT2D eigenvalue weighted by Crippen LogP contribution is -2.51. The smallest absolute Gasteiger partial charge is 0.156 e. The average Bonchev–Trinajstić information content (AvgIpc) is 2.76. The molecule has 1 aromatic rings. The number of hydroxylamine groups is 2. The van der Waals surface area contributed by atoms with Gasteiger partial charge in [-0.05, 0) is 38.7 Å². The molecule has 0 unspecified atom stereocenters. The molecule has 1 saturated carbocycles. The standard InChI is InChI=1S/C13H16N2O/c1-10-11-6-2-3-7-12(11)14-13(15(10)16)8-4-5-9-13/h2-3,6-7,16H,4-5,8-9H2,1H3. The Morgan fingerprint density at radius 2 is 1.94 bits per heavy atom. The molecule has 16 heavy (non-hydrogen) atoms. The van der Waals surface area contributed by atoms with Gasteiger partial charge in [-0.25, -0.2) is 5.06 Å². The van der Waals surface area contributed by atoms with Gasteiger partial charge < -0.3 is 0 Å². The van der Waals surface area contributed by atoms with Crippen LogP contribution in [0.1, 0.15) is 32.6 Å². The summed E-state index contributed by atoms with van der Waals surface area (Å²) in [6, 6.07) is 8.04. The lowest BCUT2D eigenvalue weighted by molar-refractivity contribution is -0.119. The van der Waals surface area contributed by atoms with E-state index in [4.69, 9.17) is 4.99 Å². The van der Waals surface area contributed by atoms with Gasteiger partial charge in [-0.3, -0.25) is 10.2 Å². The lowest BCUT2D eigenvalue weighted by Gasteiger charge is -2.37. The Labute approximate surface area is 94.7 Å². The van der Waals surface area contributed by atoms with Crippen LogP contribution in [0, 0.1) is 0 Å². The third-order valence-corrected chi connectivity index (χ3v) is 3.74. The van der Waals surface area contributed by atoms with Crippen molar-refractivity contribution in [1.82, 2.24) is 5.06 Å². The largest absolute Gasteiger partial charge is 0.286 e. The topological polar surface area (TPSA) is 35.8 Å². The van der Waals surface area contributed by atoms with E-state index in [1.54, 1.807) is 0 Å². The summed E-state index contributed by atoms with van der Waals surface area (Å²) in [7, 11) is 0. The molecule has 3 rings (SSSR count). The van der Waals surface area contributed by atoms with E-state index in [1.165, 1.54) is 5.06 Å². The van der Waals surface area contributed by atoms with E-state index < -0.39 is 0 Å². The molecular weight excluding hydrogens is 200 g/mol. The fraction of sp³-hybridized carbons (Fsp3) is 0.462. The Hall–Kier alpha value is -1.35. The molecule has 0 radical (unpaired) electrons. The van der Waals surface area contributed by atoms with Crippen LogP contribution in [0.3, 0.4) is 0 Å². The van der Waals surface area contributed by atoms with Crippen LogP contribution >= 0.6 is 0 Å². The predicted molar refractivity (Wildman–Crippen MR) is 61.1 cm³/mol. The number of rotatable bonds is 0. The number of benzene rings is 1. The van der Waals surface area contributed by atoms with Gasteiger partial charge in [0.1, 0.15) is 0 Å². The van der Waals surface area contributed by atoms with Crippen molar-refractivity contribution in [2.45, 2.75) is 38.3 Å². The summed E-state index contributed by atoms with van der Waals surface area (Å²) >= 11 is 0. The van der Waals surface area contributed by atoms with Gasteiger partial charge in [0.25, 0.3) is 0 Å². The first-order valence-electron chi connectivity index (χ1n) is 5.88. The highest BCUT2D eigenvalue weighted by Crippen LogP contribution is 2.37. The summed E-state index contributed by atoms with van der Waals surface area (Å²) < 4.78 is 0. The van der Waals surface area contributed by atoms with Crippen molar-refractivity contribution >= 4 is 5.70 Å². The third kappa shape index (κ3) is 1.21. The van der Waals surface area contributed by atoms with Gasteiger partial charge in [-0.2, -0.15) is 0 Å². The van der Waals surface area contributed by atoms with Gasteiger partial charge in [-0.1, -0.05) is 18.2 Å². The highest BCUT2D eigenvalue weighted by molar-refractivity contribution is 5.41. The van der Waals surface area contributed by atoms with Gasteiger partial charge in [0.05, 0.1) is 5.36 Å². The van der Waals surface area contributed by atoms with E-state index >= 15 is 0 Å². The lowest BCUT2D eigenvalue weighted by atomic mass is 10.1. The van der Waals surface area contributed by atoms with Crippen LogP contribution in [0.5, 0.6) is 0 Å². The molecule has 2 aliphatic rings. The van der Waals surface area contributed by atoms with E-state index in [0.717, 1.165) is 42.0 Å². The third-order valence-electron chi connectivity index (χ3n) is 3.74. The van der Waals surface area contributed by atoms with Crippen LogP contribution in [0.4, 0.5) is 0 Å². The molecule has 1 aliphatic heterocycles. The molecule has 1 aromatic carbocycles. The zero-order chi connectivity index (χ0) is 11.2. The van der Waals surface area contributed by atoms with E-state index in [2.05, 4.69) is 0 Å². The monoisotopic (exact) mass is 216 g/mol. The van der Waals surface area contributed by atoms with Crippen molar-refractivity contribution in [3.05, 3.63) is 34.8 Å². The maximum absolute atomic E-state index is 10.3. The number of para-hydroxylation sites is 1. The minimum absolute atomic E-state index is 0.377. The second-order valence-corrected chi connectivity index (χ2v) is 4.72. The van der Waals surface area contributed by atoms with Crippen LogP contribution in [-0.4, -0.2) is 15.9 Å². The first-order chi connectivity index (χ1) is 7.73. The molecule has 1 heterocycles. The molecule has 0 amide bonds. The van der Waals surface area contributed by atoms with Crippen molar-refractivity contribution in [3.63, 3.8) is 0 Å². The Balaban J connectivity index is 2.29. The summed E-state index contributed by atoms with van der Waals surface area (Å²) in [5.41, 5.74) is 0.547. The van der Waals surface area contributed by atoms with Crippen LogP contribution in [-0.2, 0) is 0 Å². The van der Waals surface area contributed by atoms with Crippen molar-refractivity contribution in [2.24, 2.45) is 4.99 Å². The van der Waals surface area contributed by atoms with Gasteiger partial charge in [0.2, 0.25) is 0 Å². The molecule has 1 aliphatic carbocycles. The molecule has 0 saturated heterocycles. The maximum Gasteiger partial charge on any atom is 0.156 e. The van der Waals surface area contributed by atoms with Crippen LogP contribution < -0.4 is 10.6 Å². The molecule has 0 aromatic heterocycles. The Morgan fingerprint density at radius 3 is 2.69 bits per heavy atom. The highest BCUT2D eigenvalue weighted by atomic mass is 16.5. The molecular formula is C13H16N2O. The minimum Gasteiger partial charge on any atom is -0.286 e. The zero-order valence-electron chi connectivity index (χ0n) is 9.48. The summed E-state index contributed by atoms with van der Waals surface area (Å²) in [6.07, 6.45) is 4.20. The van der Waals surface area contributed by atoms with Crippen molar-refractivity contribution < 1.29 is 5.21 Å². The number of hydrogen-bond donors (Lipinski definition) is 1. The van der Waals surface area contributed by atoms with Crippen molar-refractivity contribution in [2.75, 3.05) is 0 Å². The number of fused-ring (bicyclic) bond motifs is 1. The second kappa shape index (κ2) is 3.32. The summed E-state index contributed by atoms with van der Waals surface area (Å²) in [5, 5.41) is 13.7. The molecule has 1 fully saturated rings. The molecule has 0 bridgehead atoms. The Kier molecular flexibility index (Phi) is 2.04. The SMILES string of the molecule is CC1=c2ccccc2=NC2(CCCC2)N1O.